The van der Waals surface area contributed by atoms with Gasteiger partial charge in [0.25, 0.3) is 0 Å². The quantitative estimate of drug-likeness (QED) is 0.389. The maximum Gasteiger partial charge on any atom is 0.320 e. The number of esters is 2. The molecule has 0 spiro atoms. The summed E-state index contributed by atoms with van der Waals surface area (Å²) in [4.78, 5) is 23.0. The molecule has 0 aromatic rings. The molecule has 4 nitrogen and oxygen atoms in total. The zero-order valence-electron chi connectivity index (χ0n) is 12.5. The molecule has 0 N–H and O–H groups in total. The number of nitriles is 1. The molecule has 1 saturated heterocycles. The predicted octanol–water partition coefficient (Wildman–Crippen LogP) is 7.03. The van der Waals surface area contributed by atoms with Crippen LogP contribution in [-0.2, 0) is 14.3 Å². The largest absolute Gasteiger partial charge is 0.393 e. The average Bonchev–Trinajstić information content (AvgIpc) is 2.50. The van der Waals surface area contributed by atoms with E-state index in [1.54, 1.807) is 6.92 Å². The topological polar surface area (TPSA) is 67.2 Å². The molecule has 25 heavy (non-hydrogen) atoms. The lowest BCUT2D eigenvalue weighted by Crippen LogP contribution is -2.33. The highest BCUT2D eigenvalue weighted by Crippen LogP contribution is 2.46. The third-order valence-electron chi connectivity index (χ3n) is 4.02. The van der Waals surface area contributed by atoms with E-state index in [0.717, 1.165) is 6.42 Å². The van der Waals surface area contributed by atoms with E-state index in [9.17, 15) is 14.9 Å². The lowest BCUT2D eigenvalue weighted by Gasteiger charge is -2.36. The molecule has 0 aromatic heterocycles. The Labute approximate surface area is 159 Å². The van der Waals surface area contributed by atoms with Crippen LogP contribution in [0.5, 0.6) is 0 Å². The van der Waals surface area contributed by atoms with Gasteiger partial charge in [0.05, 0.1) is 23.3 Å². The van der Waals surface area contributed by atoms with Gasteiger partial charge < -0.3 is 4.74 Å². The molecule has 1 rings (SSSR count). The van der Waals surface area contributed by atoms with Crippen LogP contribution in [0.1, 0.15) is 105 Å². The SMILES string of the molecule is C.C.C.C.C.C.CCC(C)(C#N)CC(C)(C)CC1(C)CC(=O)OC1=O. The molecule has 2 atom stereocenters. The van der Waals surface area contributed by atoms with Crippen LogP contribution in [-0.4, -0.2) is 11.9 Å². The van der Waals surface area contributed by atoms with Gasteiger partial charge in [-0.15, -0.1) is 0 Å². The maximum atomic E-state index is 11.8. The van der Waals surface area contributed by atoms with Crippen LogP contribution in [0.2, 0.25) is 0 Å². The molecule has 1 aliphatic rings. The summed E-state index contributed by atoms with van der Waals surface area (Å²) >= 11 is 0. The summed E-state index contributed by atoms with van der Waals surface area (Å²) in [5.41, 5.74) is -1.34. The molecule has 0 bridgehead atoms. The summed E-state index contributed by atoms with van der Waals surface area (Å²) in [7, 11) is 0. The van der Waals surface area contributed by atoms with Crippen LogP contribution in [0.3, 0.4) is 0 Å². The number of carbonyl (C=O) groups excluding carboxylic acids is 2. The Balaban J connectivity index is -0.000000150. The van der Waals surface area contributed by atoms with Crippen molar-refractivity contribution in [1.82, 2.24) is 0 Å². The van der Waals surface area contributed by atoms with Crippen LogP contribution in [0.15, 0.2) is 0 Å². The third-order valence-corrected chi connectivity index (χ3v) is 4.02. The molecule has 4 heteroatoms. The molecule has 0 radical (unpaired) electrons. The number of cyclic esters (lactones) is 2. The minimum Gasteiger partial charge on any atom is -0.393 e. The molecular formula is C21H47NO3. The van der Waals surface area contributed by atoms with E-state index in [0.29, 0.717) is 12.8 Å². The fourth-order valence-electron chi connectivity index (χ4n) is 3.21. The summed E-state index contributed by atoms with van der Waals surface area (Å²) in [6.45, 7) is 9.79. The van der Waals surface area contributed by atoms with Crippen LogP contribution in [0.4, 0.5) is 0 Å². The maximum absolute atomic E-state index is 11.8. The Morgan fingerprint density at radius 1 is 1.08 bits per heavy atom. The second-order valence-electron chi connectivity index (χ2n) is 7.04. The molecule has 0 amide bonds. The van der Waals surface area contributed by atoms with Gasteiger partial charge in [0.15, 0.2) is 0 Å². The van der Waals surface area contributed by atoms with E-state index in [2.05, 4.69) is 10.8 Å². The molecule has 2 unspecified atom stereocenters. The lowest BCUT2D eigenvalue weighted by atomic mass is 9.66. The van der Waals surface area contributed by atoms with Crippen LogP contribution in [0.25, 0.3) is 0 Å². The standard InChI is InChI=1S/C15H23NO3.6CH4/c1-6-14(4,10-16)8-13(2,3)9-15(5)7-11(17)19-12(15)18;;;;;;/h6-9H2,1-5H3;6*1H4. The van der Waals surface area contributed by atoms with Crippen molar-refractivity contribution in [1.29, 1.82) is 5.26 Å². The molecule has 0 saturated carbocycles. The average molecular weight is 362 g/mol. The smallest absolute Gasteiger partial charge is 0.320 e. The minimum atomic E-state index is -0.745. The van der Waals surface area contributed by atoms with Crippen molar-refractivity contribution >= 4 is 11.9 Å². The van der Waals surface area contributed by atoms with E-state index < -0.39 is 22.8 Å². The van der Waals surface area contributed by atoms with E-state index in [4.69, 9.17) is 0 Å². The Kier molecular flexibility index (Phi) is 20.1. The monoisotopic (exact) mass is 361 g/mol. The van der Waals surface area contributed by atoms with Crippen molar-refractivity contribution in [2.75, 3.05) is 0 Å². The lowest BCUT2D eigenvalue weighted by molar-refractivity contribution is -0.155. The second-order valence-corrected chi connectivity index (χ2v) is 7.04. The molecule has 0 aliphatic carbocycles. The Hall–Kier alpha value is -1.37. The fraction of sp³-hybridized carbons (Fsp3) is 0.857. The van der Waals surface area contributed by atoms with Gasteiger partial charge in [-0.2, -0.15) is 5.26 Å². The van der Waals surface area contributed by atoms with Crippen molar-refractivity contribution in [3.8, 4) is 6.07 Å². The van der Waals surface area contributed by atoms with Gasteiger partial charge in [0.1, 0.15) is 0 Å². The predicted molar refractivity (Wildman–Crippen MR) is 111 cm³/mol. The summed E-state index contributed by atoms with van der Waals surface area (Å²) < 4.78 is 4.66. The van der Waals surface area contributed by atoms with Crippen molar-refractivity contribution in [2.45, 2.75) is 105 Å². The fourth-order valence-corrected chi connectivity index (χ4v) is 3.21. The highest BCUT2D eigenvalue weighted by molar-refractivity contribution is 5.97. The second kappa shape index (κ2) is 12.9. The molecule has 154 valence electrons. The Bertz CT molecular complexity index is 437. The van der Waals surface area contributed by atoms with Gasteiger partial charge in [-0.25, -0.2) is 0 Å². The number of nitrogens with zero attached hydrogens (tertiary/aromatic N) is 1. The Morgan fingerprint density at radius 3 is 1.80 bits per heavy atom. The van der Waals surface area contributed by atoms with Gasteiger partial charge in [0.2, 0.25) is 0 Å². The molecule has 1 heterocycles. The van der Waals surface area contributed by atoms with Crippen molar-refractivity contribution in [3.63, 3.8) is 0 Å². The number of rotatable bonds is 5. The molecule has 1 aliphatic heterocycles. The van der Waals surface area contributed by atoms with E-state index in [-0.39, 0.29) is 56.4 Å². The first kappa shape index (κ1) is 38.9. The highest BCUT2D eigenvalue weighted by atomic mass is 16.6. The van der Waals surface area contributed by atoms with Crippen molar-refractivity contribution in [2.24, 2.45) is 16.2 Å². The summed E-state index contributed by atoms with van der Waals surface area (Å²) in [6, 6.07) is 2.36. The zero-order chi connectivity index (χ0) is 14.9. The first-order valence-corrected chi connectivity index (χ1v) is 6.72. The van der Waals surface area contributed by atoms with Crippen LogP contribution in [0, 0.1) is 27.6 Å². The molecular weight excluding hydrogens is 314 g/mol. The summed E-state index contributed by atoms with van der Waals surface area (Å²) in [5.74, 6) is -0.873. The number of hydrogen-bond acceptors (Lipinski definition) is 4. The van der Waals surface area contributed by atoms with Gasteiger partial charge in [0, 0.05) is 0 Å². The minimum absolute atomic E-state index is 0. The number of hydrogen-bond donors (Lipinski definition) is 0. The van der Waals surface area contributed by atoms with E-state index in [1.165, 1.54) is 0 Å². The van der Waals surface area contributed by atoms with Gasteiger partial charge >= 0.3 is 11.9 Å². The molecule has 1 fully saturated rings. The first-order valence-electron chi connectivity index (χ1n) is 6.72. The first-order chi connectivity index (χ1) is 8.56. The van der Waals surface area contributed by atoms with Crippen molar-refractivity contribution in [3.05, 3.63) is 0 Å². The van der Waals surface area contributed by atoms with E-state index >= 15 is 0 Å². The highest BCUT2D eigenvalue weighted by Gasteiger charge is 2.49. The number of carbonyl (C=O) groups is 2. The van der Waals surface area contributed by atoms with E-state index in [1.807, 2.05) is 27.7 Å². The zero-order valence-corrected chi connectivity index (χ0v) is 12.5. The third kappa shape index (κ3) is 9.63. The molecule has 0 aromatic carbocycles. The summed E-state index contributed by atoms with van der Waals surface area (Å²) in [5, 5.41) is 9.27. The van der Waals surface area contributed by atoms with Gasteiger partial charge in [-0.05, 0) is 38.5 Å². The summed E-state index contributed by atoms with van der Waals surface area (Å²) in [6.07, 6.45) is 2.17. The Morgan fingerprint density at radius 2 is 1.52 bits per heavy atom. The van der Waals surface area contributed by atoms with Crippen molar-refractivity contribution < 1.29 is 14.3 Å². The van der Waals surface area contributed by atoms with Gasteiger partial charge in [-0.3, -0.25) is 9.59 Å². The van der Waals surface area contributed by atoms with Crippen LogP contribution < -0.4 is 0 Å². The normalized spacial score (nSPS) is 20.3. The number of ether oxygens (including phenoxy) is 1. The van der Waals surface area contributed by atoms with Gasteiger partial charge in [-0.1, -0.05) is 65.3 Å². The van der Waals surface area contributed by atoms with Crippen LogP contribution >= 0.6 is 0 Å².